The molecule has 0 saturated heterocycles. The molecule has 0 unspecified atom stereocenters. The fourth-order valence-corrected chi connectivity index (χ4v) is 2.80. The average Bonchev–Trinajstić information content (AvgIpc) is 2.78. The molecule has 0 aliphatic rings. The molecule has 0 radical (unpaired) electrons. The van der Waals surface area contributed by atoms with Gasteiger partial charge in [0.25, 0.3) is 0 Å². The molecule has 0 aliphatic carbocycles. The number of amides is 2. The Balaban J connectivity index is 1.44. The molecule has 6 nitrogen and oxygen atoms in total. The molecule has 0 bridgehead atoms. The number of carbonyl (C=O) groups excluding carboxylic acids is 2. The van der Waals surface area contributed by atoms with Crippen molar-refractivity contribution in [1.29, 1.82) is 0 Å². The number of nitrogens with one attached hydrogen (secondary N) is 2. The largest absolute Gasteiger partial charge is 0.273 e. The number of aryl methyl sites for hydroxylation is 2. The summed E-state index contributed by atoms with van der Waals surface area (Å²) in [6, 6.07) is 20.3. The number of rotatable bonds is 13. The third-order valence-electron chi connectivity index (χ3n) is 4.43. The van der Waals surface area contributed by atoms with Crippen molar-refractivity contribution >= 4 is 24.2 Å². The zero-order valence-electron chi connectivity index (χ0n) is 17.3. The summed E-state index contributed by atoms with van der Waals surface area (Å²) in [5.41, 5.74) is 7.54. The van der Waals surface area contributed by atoms with Crippen molar-refractivity contribution < 1.29 is 9.59 Å². The minimum Gasteiger partial charge on any atom is -0.273 e. The minimum atomic E-state index is -0.134. The molecule has 2 rings (SSSR count). The summed E-state index contributed by atoms with van der Waals surface area (Å²) in [6.45, 7) is 0. The summed E-state index contributed by atoms with van der Waals surface area (Å²) in [5, 5.41) is 7.91. The predicted molar refractivity (Wildman–Crippen MR) is 121 cm³/mol. The molecule has 0 atom stereocenters. The first kappa shape index (κ1) is 23.0. The lowest BCUT2D eigenvalue weighted by Gasteiger charge is -2.01. The molecule has 2 N–H and O–H groups in total. The van der Waals surface area contributed by atoms with E-state index in [-0.39, 0.29) is 11.8 Å². The van der Waals surface area contributed by atoms with Crippen LogP contribution < -0.4 is 10.9 Å². The number of nitrogens with zero attached hydrogens (tertiary/aromatic N) is 2. The Morgan fingerprint density at radius 3 is 1.47 bits per heavy atom. The van der Waals surface area contributed by atoms with E-state index in [2.05, 4.69) is 45.3 Å². The van der Waals surface area contributed by atoms with Gasteiger partial charge in [-0.1, -0.05) is 60.7 Å². The van der Waals surface area contributed by atoms with Crippen molar-refractivity contribution in [3.05, 3.63) is 71.8 Å². The van der Waals surface area contributed by atoms with Gasteiger partial charge in [-0.05, 0) is 49.7 Å². The second-order valence-electron chi connectivity index (χ2n) is 6.95. The highest BCUT2D eigenvalue weighted by Crippen LogP contribution is 2.02. The maximum atomic E-state index is 11.7. The van der Waals surface area contributed by atoms with Crippen molar-refractivity contribution in [1.82, 2.24) is 10.9 Å². The van der Waals surface area contributed by atoms with Gasteiger partial charge in [-0.25, -0.2) is 10.9 Å². The molecule has 2 aromatic rings. The van der Waals surface area contributed by atoms with Crippen molar-refractivity contribution in [3.63, 3.8) is 0 Å². The lowest BCUT2D eigenvalue weighted by molar-refractivity contribution is -0.123. The predicted octanol–water partition coefficient (Wildman–Crippen LogP) is 4.02. The average molecular weight is 407 g/mol. The van der Waals surface area contributed by atoms with Crippen LogP contribution in [0.1, 0.15) is 49.7 Å². The van der Waals surface area contributed by atoms with Gasteiger partial charge in [-0.15, -0.1) is 0 Å². The molecule has 0 saturated carbocycles. The third-order valence-corrected chi connectivity index (χ3v) is 4.43. The van der Waals surface area contributed by atoms with Crippen molar-refractivity contribution in [2.24, 2.45) is 10.2 Å². The molecule has 158 valence electrons. The highest BCUT2D eigenvalue weighted by Gasteiger charge is 2.02. The van der Waals surface area contributed by atoms with Crippen molar-refractivity contribution in [2.45, 2.75) is 51.4 Å². The van der Waals surface area contributed by atoms with Gasteiger partial charge in [0.05, 0.1) is 0 Å². The Hall–Kier alpha value is -3.28. The standard InChI is InChI=1S/C24H30N4O2/c29-23(27-25-19-9-15-21-11-3-1-4-12-21)17-7-8-18-24(30)28-26-20-10-16-22-13-5-2-6-14-22/h1-6,11-14,19-20H,7-10,15-18H2,(H,27,29)(H,28,30). The van der Waals surface area contributed by atoms with Crippen LogP contribution in [0.25, 0.3) is 0 Å². The summed E-state index contributed by atoms with van der Waals surface area (Å²) in [7, 11) is 0. The zero-order chi connectivity index (χ0) is 21.3. The van der Waals surface area contributed by atoms with Crippen LogP contribution >= 0.6 is 0 Å². The van der Waals surface area contributed by atoms with Crippen LogP contribution in [-0.2, 0) is 22.4 Å². The van der Waals surface area contributed by atoms with E-state index in [9.17, 15) is 9.59 Å². The second-order valence-corrected chi connectivity index (χ2v) is 6.95. The van der Waals surface area contributed by atoms with Crippen LogP contribution in [0.15, 0.2) is 70.9 Å². The van der Waals surface area contributed by atoms with E-state index in [1.807, 2.05) is 36.4 Å². The van der Waals surface area contributed by atoms with Gasteiger partial charge in [-0.3, -0.25) is 9.59 Å². The van der Waals surface area contributed by atoms with Crippen LogP contribution in [0.5, 0.6) is 0 Å². The first-order valence-corrected chi connectivity index (χ1v) is 10.4. The van der Waals surface area contributed by atoms with E-state index in [1.54, 1.807) is 12.4 Å². The molecule has 30 heavy (non-hydrogen) atoms. The quantitative estimate of drug-likeness (QED) is 0.299. The normalized spacial score (nSPS) is 11.1. The van der Waals surface area contributed by atoms with E-state index in [4.69, 9.17) is 0 Å². The number of hydrazone groups is 2. The molecule has 0 aromatic heterocycles. The Labute approximate surface area is 178 Å². The summed E-state index contributed by atoms with van der Waals surface area (Å²) < 4.78 is 0. The molecule has 0 heterocycles. The lowest BCUT2D eigenvalue weighted by Crippen LogP contribution is -2.18. The van der Waals surface area contributed by atoms with Gasteiger partial charge in [0.15, 0.2) is 0 Å². The van der Waals surface area contributed by atoms with Gasteiger partial charge >= 0.3 is 0 Å². The lowest BCUT2D eigenvalue weighted by atomic mass is 10.1. The highest BCUT2D eigenvalue weighted by atomic mass is 16.2. The number of hydrogen-bond acceptors (Lipinski definition) is 4. The maximum Gasteiger partial charge on any atom is 0.240 e. The van der Waals surface area contributed by atoms with Gasteiger partial charge < -0.3 is 0 Å². The monoisotopic (exact) mass is 406 g/mol. The fourth-order valence-electron chi connectivity index (χ4n) is 2.80. The number of carbonyl (C=O) groups is 2. The zero-order valence-corrected chi connectivity index (χ0v) is 17.3. The molecule has 0 aliphatic heterocycles. The summed E-state index contributed by atoms with van der Waals surface area (Å²) in [6.07, 6.45) is 8.74. The summed E-state index contributed by atoms with van der Waals surface area (Å²) in [4.78, 5) is 23.5. The molecule has 2 aromatic carbocycles. The van der Waals surface area contributed by atoms with E-state index in [1.165, 1.54) is 11.1 Å². The van der Waals surface area contributed by atoms with E-state index in [0.717, 1.165) is 25.7 Å². The van der Waals surface area contributed by atoms with Gasteiger partial charge in [0.1, 0.15) is 0 Å². The summed E-state index contributed by atoms with van der Waals surface area (Å²) >= 11 is 0. The Morgan fingerprint density at radius 1 is 0.667 bits per heavy atom. The third kappa shape index (κ3) is 10.9. The smallest absolute Gasteiger partial charge is 0.240 e. The van der Waals surface area contributed by atoms with E-state index in [0.29, 0.717) is 25.7 Å². The van der Waals surface area contributed by atoms with Gasteiger partial charge in [0, 0.05) is 25.3 Å². The van der Waals surface area contributed by atoms with Crippen LogP contribution in [0.3, 0.4) is 0 Å². The Bertz CT molecular complexity index is 735. The maximum absolute atomic E-state index is 11.7. The minimum absolute atomic E-state index is 0.134. The van der Waals surface area contributed by atoms with E-state index >= 15 is 0 Å². The summed E-state index contributed by atoms with van der Waals surface area (Å²) in [5.74, 6) is -0.268. The number of hydrogen-bond donors (Lipinski definition) is 2. The fraction of sp³-hybridized carbons (Fsp3) is 0.333. The van der Waals surface area contributed by atoms with Crippen LogP contribution in [0, 0.1) is 0 Å². The molecule has 6 heteroatoms. The molecular formula is C24H30N4O2. The SMILES string of the molecule is O=C(CCCCC(=O)NN=CCCc1ccccc1)NN=CCCc1ccccc1. The van der Waals surface area contributed by atoms with Crippen LogP contribution in [0.2, 0.25) is 0 Å². The number of benzene rings is 2. The molecule has 0 fully saturated rings. The second kappa shape index (κ2) is 14.7. The molecule has 0 spiro atoms. The van der Waals surface area contributed by atoms with Crippen molar-refractivity contribution in [2.75, 3.05) is 0 Å². The van der Waals surface area contributed by atoms with E-state index < -0.39 is 0 Å². The molecule has 2 amide bonds. The topological polar surface area (TPSA) is 82.9 Å². The van der Waals surface area contributed by atoms with Gasteiger partial charge in [0.2, 0.25) is 11.8 Å². The first-order chi connectivity index (χ1) is 14.7. The number of unbranched alkanes of at least 4 members (excludes halogenated alkanes) is 1. The first-order valence-electron chi connectivity index (χ1n) is 10.4. The Morgan fingerprint density at radius 2 is 1.07 bits per heavy atom. The highest BCUT2D eigenvalue weighted by molar-refractivity contribution is 5.78. The van der Waals surface area contributed by atoms with Crippen LogP contribution in [-0.4, -0.2) is 24.2 Å². The van der Waals surface area contributed by atoms with Crippen LogP contribution in [0.4, 0.5) is 0 Å². The van der Waals surface area contributed by atoms with Crippen molar-refractivity contribution in [3.8, 4) is 0 Å². The molecular weight excluding hydrogens is 376 g/mol. The van der Waals surface area contributed by atoms with Gasteiger partial charge in [-0.2, -0.15) is 10.2 Å². The Kier molecular flexibility index (Phi) is 11.3.